The van der Waals surface area contributed by atoms with E-state index >= 15 is 0 Å². The lowest BCUT2D eigenvalue weighted by Crippen LogP contribution is -2.12. The fraction of sp³-hybridized carbons (Fsp3) is 0.238. The van der Waals surface area contributed by atoms with Crippen molar-refractivity contribution >= 4 is 22.8 Å². The number of hydrogen-bond acceptors (Lipinski definition) is 4. The first-order valence-corrected chi connectivity index (χ1v) is 8.52. The monoisotopic (exact) mass is 367 g/mol. The average molecular weight is 367 g/mol. The maximum atomic E-state index is 11.2. The van der Waals surface area contributed by atoms with Crippen LogP contribution < -0.4 is 4.74 Å². The summed E-state index contributed by atoms with van der Waals surface area (Å²) in [5, 5.41) is 10.2. The summed E-state index contributed by atoms with van der Waals surface area (Å²) in [5.74, 6) is -0.755. The largest absolute Gasteiger partial charge is 0.482 e. The van der Waals surface area contributed by atoms with Gasteiger partial charge in [-0.2, -0.15) is 0 Å². The molecule has 0 saturated heterocycles. The highest BCUT2D eigenvalue weighted by atomic mass is 16.6. The summed E-state index contributed by atoms with van der Waals surface area (Å²) < 4.78 is 12.1. The van der Waals surface area contributed by atoms with Crippen molar-refractivity contribution in [2.45, 2.75) is 20.4 Å². The molecule has 1 heterocycles. The topological polar surface area (TPSA) is 77.8 Å². The Labute approximate surface area is 156 Å². The SMILES string of the molecule is COC(=O)COc1ccc(Cn2c(C)c(C)c3cc(C(=O)O)ccc32)cc1. The summed E-state index contributed by atoms with van der Waals surface area (Å²) in [6, 6.07) is 12.7. The van der Waals surface area contributed by atoms with E-state index in [-0.39, 0.29) is 12.2 Å². The zero-order valence-electron chi connectivity index (χ0n) is 15.5. The molecule has 1 aromatic heterocycles. The fourth-order valence-electron chi connectivity index (χ4n) is 3.06. The number of esters is 1. The number of carbonyl (C=O) groups excluding carboxylic acids is 1. The third-order valence-corrected chi connectivity index (χ3v) is 4.73. The van der Waals surface area contributed by atoms with Gasteiger partial charge in [0.2, 0.25) is 0 Å². The molecule has 0 spiro atoms. The van der Waals surface area contributed by atoms with Gasteiger partial charge < -0.3 is 19.1 Å². The minimum atomic E-state index is -0.927. The predicted octanol–water partition coefficient (Wildman–Crippen LogP) is 3.56. The number of aromatic nitrogens is 1. The Bertz CT molecular complexity index is 1000. The molecule has 3 rings (SSSR count). The number of benzene rings is 2. The van der Waals surface area contributed by atoms with Gasteiger partial charge in [-0.25, -0.2) is 9.59 Å². The van der Waals surface area contributed by atoms with Crippen molar-refractivity contribution in [2.75, 3.05) is 13.7 Å². The molecule has 27 heavy (non-hydrogen) atoms. The van der Waals surface area contributed by atoms with Crippen LogP contribution in [0.3, 0.4) is 0 Å². The molecule has 0 saturated carbocycles. The number of carboxylic acid groups (broad SMARTS) is 1. The van der Waals surface area contributed by atoms with Crippen LogP contribution in [-0.4, -0.2) is 35.3 Å². The highest BCUT2D eigenvalue weighted by Gasteiger charge is 2.14. The number of aromatic carboxylic acids is 1. The number of nitrogens with zero attached hydrogens (tertiary/aromatic N) is 1. The molecule has 0 amide bonds. The third-order valence-electron chi connectivity index (χ3n) is 4.73. The molecule has 0 fully saturated rings. The van der Waals surface area contributed by atoms with Crippen LogP contribution in [0.2, 0.25) is 0 Å². The molecule has 2 aromatic carbocycles. The molecule has 0 bridgehead atoms. The third kappa shape index (κ3) is 3.79. The smallest absolute Gasteiger partial charge is 0.343 e. The van der Waals surface area contributed by atoms with E-state index in [0.29, 0.717) is 12.3 Å². The van der Waals surface area contributed by atoms with E-state index in [1.54, 1.807) is 12.1 Å². The number of rotatable bonds is 6. The van der Waals surface area contributed by atoms with Crippen molar-refractivity contribution in [2.24, 2.45) is 0 Å². The molecular weight excluding hydrogens is 346 g/mol. The Morgan fingerprint density at radius 3 is 2.41 bits per heavy atom. The van der Waals surface area contributed by atoms with Crippen molar-refractivity contribution < 1.29 is 24.2 Å². The number of methoxy groups -OCH3 is 1. The molecule has 0 radical (unpaired) electrons. The van der Waals surface area contributed by atoms with Gasteiger partial charge in [-0.15, -0.1) is 0 Å². The van der Waals surface area contributed by atoms with E-state index in [2.05, 4.69) is 9.30 Å². The molecule has 0 aliphatic rings. The van der Waals surface area contributed by atoms with Crippen molar-refractivity contribution in [3.05, 3.63) is 64.8 Å². The van der Waals surface area contributed by atoms with Crippen LogP contribution >= 0.6 is 0 Å². The van der Waals surface area contributed by atoms with Gasteiger partial charge >= 0.3 is 11.9 Å². The molecule has 0 aliphatic heterocycles. The van der Waals surface area contributed by atoms with Crippen molar-refractivity contribution in [3.8, 4) is 5.75 Å². The maximum Gasteiger partial charge on any atom is 0.343 e. The van der Waals surface area contributed by atoms with Crippen LogP contribution in [0.4, 0.5) is 0 Å². The van der Waals surface area contributed by atoms with Gasteiger partial charge in [-0.3, -0.25) is 0 Å². The number of fused-ring (bicyclic) bond motifs is 1. The molecule has 0 unspecified atom stereocenters. The maximum absolute atomic E-state index is 11.2. The molecule has 6 nitrogen and oxygen atoms in total. The average Bonchev–Trinajstić information content (AvgIpc) is 2.91. The number of hydrogen-bond donors (Lipinski definition) is 1. The highest BCUT2D eigenvalue weighted by molar-refractivity contribution is 5.95. The molecular formula is C21H21NO5. The van der Waals surface area contributed by atoms with E-state index in [1.165, 1.54) is 7.11 Å². The van der Waals surface area contributed by atoms with Gasteiger partial charge in [0.05, 0.1) is 12.7 Å². The molecule has 3 aromatic rings. The van der Waals surface area contributed by atoms with E-state index < -0.39 is 11.9 Å². The Kier molecular flexibility index (Phi) is 5.16. The molecule has 0 atom stereocenters. The van der Waals surface area contributed by atoms with E-state index in [9.17, 15) is 14.7 Å². The Balaban J connectivity index is 1.85. The Morgan fingerprint density at radius 2 is 1.78 bits per heavy atom. The van der Waals surface area contributed by atoms with E-state index in [0.717, 1.165) is 27.7 Å². The van der Waals surface area contributed by atoms with Crippen molar-refractivity contribution in [3.63, 3.8) is 0 Å². The second kappa shape index (κ2) is 7.53. The van der Waals surface area contributed by atoms with Gasteiger partial charge in [-0.05, 0) is 55.3 Å². The van der Waals surface area contributed by atoms with Crippen LogP contribution in [-0.2, 0) is 16.1 Å². The van der Waals surface area contributed by atoms with Gasteiger partial charge in [0.1, 0.15) is 5.75 Å². The predicted molar refractivity (Wildman–Crippen MR) is 101 cm³/mol. The summed E-state index contributed by atoms with van der Waals surface area (Å²) in [7, 11) is 1.32. The van der Waals surface area contributed by atoms with Crippen LogP contribution in [0, 0.1) is 13.8 Å². The van der Waals surface area contributed by atoms with Crippen molar-refractivity contribution in [1.29, 1.82) is 0 Å². The zero-order valence-corrected chi connectivity index (χ0v) is 15.5. The highest BCUT2D eigenvalue weighted by Crippen LogP contribution is 2.27. The number of aryl methyl sites for hydroxylation is 1. The Hall–Kier alpha value is -3.28. The second-order valence-corrected chi connectivity index (χ2v) is 6.34. The van der Waals surface area contributed by atoms with Crippen LogP contribution in [0.25, 0.3) is 10.9 Å². The molecule has 6 heteroatoms. The number of carboxylic acids is 1. The van der Waals surface area contributed by atoms with Crippen LogP contribution in [0.1, 0.15) is 27.2 Å². The van der Waals surface area contributed by atoms with Gasteiger partial charge in [0.15, 0.2) is 6.61 Å². The molecule has 0 aliphatic carbocycles. The summed E-state index contributed by atoms with van der Waals surface area (Å²) in [4.78, 5) is 22.4. The first-order chi connectivity index (χ1) is 12.9. The lowest BCUT2D eigenvalue weighted by atomic mass is 10.1. The Morgan fingerprint density at radius 1 is 1.07 bits per heavy atom. The molecule has 140 valence electrons. The summed E-state index contributed by atoms with van der Waals surface area (Å²) >= 11 is 0. The van der Waals surface area contributed by atoms with Crippen LogP contribution in [0.15, 0.2) is 42.5 Å². The van der Waals surface area contributed by atoms with Gasteiger partial charge in [-0.1, -0.05) is 12.1 Å². The van der Waals surface area contributed by atoms with Gasteiger partial charge in [0.25, 0.3) is 0 Å². The zero-order chi connectivity index (χ0) is 19.6. The second-order valence-electron chi connectivity index (χ2n) is 6.34. The normalized spacial score (nSPS) is 10.8. The quantitative estimate of drug-likeness (QED) is 0.674. The fourth-order valence-corrected chi connectivity index (χ4v) is 3.06. The van der Waals surface area contributed by atoms with E-state index in [1.807, 2.05) is 44.2 Å². The summed E-state index contributed by atoms with van der Waals surface area (Å²) in [6.45, 7) is 4.56. The molecule has 1 N–H and O–H groups in total. The standard InChI is InChI=1S/C21H21NO5/c1-13-14(2)22(19-9-6-16(21(24)25)10-18(13)19)11-15-4-7-17(8-5-15)27-12-20(23)26-3/h4-10H,11-12H2,1-3H3,(H,24,25). The summed E-state index contributed by atoms with van der Waals surface area (Å²) in [5.41, 5.74) is 4.53. The minimum absolute atomic E-state index is 0.123. The van der Waals surface area contributed by atoms with Crippen molar-refractivity contribution in [1.82, 2.24) is 4.57 Å². The first-order valence-electron chi connectivity index (χ1n) is 8.52. The number of ether oxygens (including phenoxy) is 2. The van der Waals surface area contributed by atoms with Gasteiger partial charge in [0, 0.05) is 23.1 Å². The lowest BCUT2D eigenvalue weighted by molar-refractivity contribution is -0.142. The van der Waals surface area contributed by atoms with Crippen LogP contribution in [0.5, 0.6) is 5.75 Å². The number of carbonyl (C=O) groups is 2. The lowest BCUT2D eigenvalue weighted by Gasteiger charge is -2.10. The first kappa shape index (κ1) is 18.5. The minimum Gasteiger partial charge on any atom is -0.482 e. The van der Waals surface area contributed by atoms with E-state index in [4.69, 9.17) is 4.74 Å². The summed E-state index contributed by atoms with van der Waals surface area (Å²) in [6.07, 6.45) is 0.